The number of Topliss-reactive ketones (excluding diaryl/α,β-unsaturated/α-hetero) is 1. The topological polar surface area (TPSA) is 91.4 Å². The van der Waals surface area contributed by atoms with Gasteiger partial charge in [0.05, 0.1) is 6.61 Å². The number of fused-ring (bicyclic) bond motifs is 1. The molecule has 0 aliphatic carbocycles. The molecule has 0 unspecified atom stereocenters. The van der Waals surface area contributed by atoms with Crippen molar-refractivity contribution in [2.45, 2.75) is 78.9 Å². The summed E-state index contributed by atoms with van der Waals surface area (Å²) in [6.07, 6.45) is -1.78. The van der Waals surface area contributed by atoms with E-state index in [2.05, 4.69) is 0 Å². The number of hydrogen-bond donors (Lipinski definition) is 0. The third-order valence-corrected chi connectivity index (χ3v) is 4.07. The molecule has 0 radical (unpaired) electrons. The largest absolute Gasteiger partial charge is 0.463 e. The Bertz CT molecular complexity index is 831. The minimum Gasteiger partial charge on any atom is -0.463 e. The standard InChI is InChI=1S/C22H31NO7/c1-20(2,3)23(19(26)30-21(4,5)6)18(25)27-13-16(24)14-9-10-17-15(11-14)12-28-22(7,8)29-17/h9-11H,12-13H2,1-8H3. The van der Waals surface area contributed by atoms with E-state index in [0.717, 1.165) is 10.5 Å². The Morgan fingerprint density at radius 2 is 1.70 bits per heavy atom. The molecule has 2 amide bonds. The van der Waals surface area contributed by atoms with Crippen LogP contribution in [0.2, 0.25) is 0 Å². The molecule has 1 aliphatic rings. The molecule has 0 saturated carbocycles. The second-order valence-corrected chi connectivity index (χ2v) is 9.58. The van der Waals surface area contributed by atoms with E-state index >= 15 is 0 Å². The van der Waals surface area contributed by atoms with Gasteiger partial charge in [0, 0.05) is 30.5 Å². The number of imide groups is 1. The van der Waals surface area contributed by atoms with Gasteiger partial charge in [-0.15, -0.1) is 0 Å². The normalized spacial score (nSPS) is 15.5. The quantitative estimate of drug-likeness (QED) is 0.654. The van der Waals surface area contributed by atoms with Gasteiger partial charge in [-0.2, -0.15) is 0 Å². The summed E-state index contributed by atoms with van der Waals surface area (Å²) in [6.45, 7) is 13.5. The van der Waals surface area contributed by atoms with Gasteiger partial charge in [0.25, 0.3) is 0 Å². The van der Waals surface area contributed by atoms with Crippen molar-refractivity contribution in [3.63, 3.8) is 0 Å². The number of ether oxygens (including phenoxy) is 4. The van der Waals surface area contributed by atoms with Crippen molar-refractivity contribution in [1.82, 2.24) is 4.90 Å². The van der Waals surface area contributed by atoms with Crippen LogP contribution in [0.1, 0.15) is 71.3 Å². The number of hydrogen-bond acceptors (Lipinski definition) is 7. The van der Waals surface area contributed by atoms with Gasteiger partial charge in [0.1, 0.15) is 11.4 Å². The fourth-order valence-corrected chi connectivity index (χ4v) is 2.72. The Kier molecular flexibility index (Phi) is 6.51. The van der Waals surface area contributed by atoms with Gasteiger partial charge in [-0.25, -0.2) is 14.5 Å². The molecule has 0 saturated heterocycles. The van der Waals surface area contributed by atoms with Crippen molar-refractivity contribution in [3.05, 3.63) is 29.3 Å². The van der Waals surface area contributed by atoms with E-state index in [0.29, 0.717) is 17.9 Å². The van der Waals surface area contributed by atoms with Gasteiger partial charge in [-0.1, -0.05) is 0 Å². The first-order valence-corrected chi connectivity index (χ1v) is 9.78. The lowest BCUT2D eigenvalue weighted by molar-refractivity contribution is -0.180. The van der Waals surface area contributed by atoms with Crippen molar-refractivity contribution >= 4 is 18.0 Å². The van der Waals surface area contributed by atoms with Crippen molar-refractivity contribution in [3.8, 4) is 5.75 Å². The van der Waals surface area contributed by atoms with Crippen molar-refractivity contribution in [2.24, 2.45) is 0 Å². The number of ketones is 1. The molecular formula is C22H31NO7. The van der Waals surface area contributed by atoms with E-state index in [1.54, 1.807) is 73.6 Å². The van der Waals surface area contributed by atoms with Gasteiger partial charge in [0.15, 0.2) is 12.4 Å². The first-order valence-electron chi connectivity index (χ1n) is 9.78. The summed E-state index contributed by atoms with van der Waals surface area (Å²) in [6, 6.07) is 4.94. The molecule has 0 N–H and O–H groups in total. The van der Waals surface area contributed by atoms with E-state index < -0.39 is 41.5 Å². The van der Waals surface area contributed by atoms with E-state index in [1.165, 1.54) is 0 Å². The van der Waals surface area contributed by atoms with E-state index in [1.807, 2.05) is 0 Å². The Morgan fingerprint density at radius 3 is 2.27 bits per heavy atom. The lowest BCUT2D eigenvalue weighted by atomic mass is 10.1. The third-order valence-electron chi connectivity index (χ3n) is 4.07. The number of amides is 2. The molecule has 0 fully saturated rings. The van der Waals surface area contributed by atoms with Crippen LogP contribution in [0.5, 0.6) is 5.75 Å². The monoisotopic (exact) mass is 421 g/mol. The molecule has 1 aliphatic heterocycles. The lowest BCUT2D eigenvalue weighted by Crippen LogP contribution is -2.51. The number of carbonyl (C=O) groups is 3. The minimum atomic E-state index is -0.948. The minimum absolute atomic E-state index is 0.305. The van der Waals surface area contributed by atoms with Crippen molar-refractivity contribution in [1.29, 1.82) is 0 Å². The molecular weight excluding hydrogens is 390 g/mol. The Labute approximate surface area is 177 Å². The average Bonchev–Trinajstić information content (AvgIpc) is 2.55. The van der Waals surface area contributed by atoms with Gasteiger partial charge in [-0.05, 0) is 59.7 Å². The maximum Gasteiger partial charge on any atom is 0.420 e. The van der Waals surface area contributed by atoms with Crippen LogP contribution in [0.25, 0.3) is 0 Å². The van der Waals surface area contributed by atoms with E-state index in [9.17, 15) is 14.4 Å². The zero-order valence-electron chi connectivity index (χ0n) is 19.0. The van der Waals surface area contributed by atoms with Crippen LogP contribution in [0.4, 0.5) is 9.59 Å². The predicted molar refractivity (Wildman–Crippen MR) is 109 cm³/mol. The zero-order valence-corrected chi connectivity index (χ0v) is 19.0. The van der Waals surface area contributed by atoms with Gasteiger partial charge >= 0.3 is 12.2 Å². The van der Waals surface area contributed by atoms with E-state index in [4.69, 9.17) is 18.9 Å². The van der Waals surface area contributed by atoms with Crippen molar-refractivity contribution < 1.29 is 33.3 Å². The van der Waals surface area contributed by atoms with Gasteiger partial charge in [-0.3, -0.25) is 4.79 Å². The predicted octanol–water partition coefficient (Wildman–Crippen LogP) is 4.69. The number of rotatable bonds is 3. The molecule has 8 heteroatoms. The molecule has 0 bridgehead atoms. The number of nitrogens with zero attached hydrogens (tertiary/aromatic N) is 1. The lowest BCUT2D eigenvalue weighted by Gasteiger charge is -2.34. The molecule has 2 rings (SSSR count). The summed E-state index contributed by atoms with van der Waals surface area (Å²) in [4.78, 5) is 38.4. The highest BCUT2D eigenvalue weighted by Crippen LogP contribution is 2.31. The Balaban J connectivity index is 2.07. The molecule has 8 nitrogen and oxygen atoms in total. The summed E-state index contributed by atoms with van der Waals surface area (Å²) < 4.78 is 21.7. The maximum atomic E-state index is 12.6. The van der Waals surface area contributed by atoms with E-state index in [-0.39, 0.29) is 0 Å². The Hall–Kier alpha value is -2.61. The van der Waals surface area contributed by atoms with Crippen molar-refractivity contribution in [2.75, 3.05) is 6.61 Å². The Morgan fingerprint density at radius 1 is 1.07 bits per heavy atom. The molecule has 0 atom stereocenters. The molecule has 1 heterocycles. The maximum absolute atomic E-state index is 12.6. The zero-order chi connectivity index (χ0) is 22.9. The van der Waals surface area contributed by atoms with Gasteiger partial charge in [0.2, 0.25) is 5.79 Å². The second-order valence-electron chi connectivity index (χ2n) is 9.58. The van der Waals surface area contributed by atoms with Crippen LogP contribution in [-0.4, -0.2) is 46.4 Å². The summed E-state index contributed by atoms with van der Waals surface area (Å²) in [7, 11) is 0. The summed E-state index contributed by atoms with van der Waals surface area (Å²) in [5.74, 6) is -0.496. The molecule has 1 aromatic rings. The van der Waals surface area contributed by atoms with Gasteiger partial charge < -0.3 is 18.9 Å². The third kappa shape index (κ3) is 6.19. The average molecular weight is 421 g/mol. The highest BCUT2D eigenvalue weighted by Gasteiger charge is 2.37. The second kappa shape index (κ2) is 8.26. The number of carbonyl (C=O) groups excluding carboxylic acids is 3. The highest BCUT2D eigenvalue weighted by atomic mass is 16.7. The first kappa shape index (κ1) is 23.7. The fraction of sp³-hybridized carbons (Fsp3) is 0.591. The molecule has 166 valence electrons. The summed E-state index contributed by atoms with van der Waals surface area (Å²) >= 11 is 0. The first-order chi connectivity index (χ1) is 13.6. The van der Waals surface area contributed by atoms with Crippen LogP contribution in [0, 0.1) is 0 Å². The number of benzene rings is 1. The van der Waals surface area contributed by atoms with Crippen LogP contribution in [0.3, 0.4) is 0 Å². The molecule has 0 spiro atoms. The van der Waals surface area contributed by atoms with Crippen LogP contribution < -0.4 is 4.74 Å². The SMILES string of the molecule is CC(C)(C)OC(=O)N(C(=O)OCC(=O)c1ccc2c(c1)COC(C)(C)O2)C(C)(C)C. The summed E-state index contributed by atoms with van der Waals surface area (Å²) in [5.41, 5.74) is -0.585. The molecule has 1 aromatic carbocycles. The van der Waals surface area contributed by atoms with Crippen LogP contribution in [-0.2, 0) is 20.8 Å². The summed E-state index contributed by atoms with van der Waals surface area (Å²) in [5, 5.41) is 0. The molecule has 30 heavy (non-hydrogen) atoms. The molecule has 0 aromatic heterocycles. The fourth-order valence-electron chi connectivity index (χ4n) is 2.72. The highest BCUT2D eigenvalue weighted by molar-refractivity contribution is 5.99. The van der Waals surface area contributed by atoms with Crippen LogP contribution >= 0.6 is 0 Å². The van der Waals surface area contributed by atoms with Crippen LogP contribution in [0.15, 0.2) is 18.2 Å². The smallest absolute Gasteiger partial charge is 0.420 e.